The lowest BCUT2D eigenvalue weighted by molar-refractivity contribution is 0.0949. The van der Waals surface area contributed by atoms with Crippen molar-refractivity contribution in [3.8, 4) is 0 Å². The predicted octanol–water partition coefficient (Wildman–Crippen LogP) is 3.76. The molecule has 1 aliphatic rings. The molecule has 1 aliphatic carbocycles. The number of hydrogen-bond donors (Lipinski definition) is 1. The van der Waals surface area contributed by atoms with Crippen molar-refractivity contribution in [2.24, 2.45) is 5.92 Å². The third kappa shape index (κ3) is 2.75. The molecule has 2 aromatic rings. The molecule has 0 aliphatic heterocycles. The molecule has 0 radical (unpaired) electrons. The first-order valence-corrected chi connectivity index (χ1v) is 7.83. The minimum absolute atomic E-state index is 0.00323. The molecule has 3 rings (SSSR count). The number of rotatable bonds is 3. The van der Waals surface area contributed by atoms with E-state index in [0.29, 0.717) is 17.5 Å². The molecular formula is C17H19ClN2O. The van der Waals surface area contributed by atoms with Gasteiger partial charge in [0.15, 0.2) is 0 Å². The van der Waals surface area contributed by atoms with Crippen LogP contribution in [-0.2, 0) is 12.8 Å². The standard InChI is InChI=1S/C17H19ClN2O/c1-10(2)9-19-17(21)16-12-4-3-5-14(12)20-15-7-6-11(18)8-13(15)16/h6-8,10H,3-5,9H2,1-2H3,(H,19,21). The summed E-state index contributed by atoms with van der Waals surface area (Å²) in [6.07, 6.45) is 2.95. The summed E-state index contributed by atoms with van der Waals surface area (Å²) < 4.78 is 0. The monoisotopic (exact) mass is 302 g/mol. The molecule has 1 N–H and O–H groups in total. The molecule has 1 amide bonds. The van der Waals surface area contributed by atoms with E-state index in [1.807, 2.05) is 18.2 Å². The van der Waals surface area contributed by atoms with Gasteiger partial charge in [-0.2, -0.15) is 0 Å². The molecule has 1 heterocycles. The Balaban J connectivity index is 2.14. The Bertz CT molecular complexity index is 709. The van der Waals surface area contributed by atoms with Gasteiger partial charge in [-0.05, 0) is 48.9 Å². The maximum atomic E-state index is 12.7. The SMILES string of the molecule is CC(C)CNC(=O)c1c2c(nc3ccc(Cl)cc13)CCC2. The first kappa shape index (κ1) is 14.3. The Labute approximate surface area is 129 Å². The van der Waals surface area contributed by atoms with Crippen LogP contribution in [0.4, 0.5) is 0 Å². The number of nitrogens with zero attached hydrogens (tertiary/aromatic N) is 1. The molecule has 0 saturated carbocycles. The fraction of sp³-hybridized carbons (Fsp3) is 0.412. The zero-order valence-electron chi connectivity index (χ0n) is 12.4. The highest BCUT2D eigenvalue weighted by Gasteiger charge is 2.23. The molecule has 1 aromatic carbocycles. The van der Waals surface area contributed by atoms with E-state index in [0.717, 1.165) is 47.0 Å². The largest absolute Gasteiger partial charge is 0.352 e. The summed E-state index contributed by atoms with van der Waals surface area (Å²) in [5.41, 5.74) is 3.80. The Morgan fingerprint density at radius 1 is 1.38 bits per heavy atom. The zero-order valence-corrected chi connectivity index (χ0v) is 13.1. The van der Waals surface area contributed by atoms with Crippen LogP contribution < -0.4 is 5.32 Å². The van der Waals surface area contributed by atoms with Crippen molar-refractivity contribution < 1.29 is 4.79 Å². The molecule has 0 fully saturated rings. The van der Waals surface area contributed by atoms with Crippen molar-refractivity contribution >= 4 is 28.4 Å². The number of nitrogens with one attached hydrogen (secondary N) is 1. The van der Waals surface area contributed by atoms with Gasteiger partial charge in [0, 0.05) is 22.6 Å². The second-order valence-electron chi connectivity index (χ2n) is 6.03. The number of aromatic nitrogens is 1. The maximum absolute atomic E-state index is 12.7. The van der Waals surface area contributed by atoms with Gasteiger partial charge < -0.3 is 5.32 Å². The highest BCUT2D eigenvalue weighted by molar-refractivity contribution is 6.31. The van der Waals surface area contributed by atoms with Crippen LogP contribution in [0.1, 0.15) is 41.9 Å². The van der Waals surface area contributed by atoms with Crippen molar-refractivity contribution in [1.82, 2.24) is 10.3 Å². The Morgan fingerprint density at radius 2 is 2.19 bits per heavy atom. The van der Waals surface area contributed by atoms with Gasteiger partial charge >= 0.3 is 0 Å². The highest BCUT2D eigenvalue weighted by atomic mass is 35.5. The summed E-state index contributed by atoms with van der Waals surface area (Å²) >= 11 is 6.11. The third-order valence-electron chi connectivity index (χ3n) is 3.87. The van der Waals surface area contributed by atoms with E-state index >= 15 is 0 Å². The number of fused-ring (bicyclic) bond motifs is 2. The topological polar surface area (TPSA) is 42.0 Å². The van der Waals surface area contributed by atoms with Crippen LogP contribution in [0.25, 0.3) is 10.9 Å². The van der Waals surface area contributed by atoms with E-state index in [1.165, 1.54) is 0 Å². The zero-order chi connectivity index (χ0) is 15.0. The molecule has 3 nitrogen and oxygen atoms in total. The van der Waals surface area contributed by atoms with E-state index in [9.17, 15) is 4.79 Å². The number of halogens is 1. The smallest absolute Gasteiger partial charge is 0.252 e. The van der Waals surface area contributed by atoms with Crippen LogP contribution in [0.15, 0.2) is 18.2 Å². The quantitative estimate of drug-likeness (QED) is 0.938. The van der Waals surface area contributed by atoms with E-state index < -0.39 is 0 Å². The lowest BCUT2D eigenvalue weighted by Gasteiger charge is -2.14. The summed E-state index contributed by atoms with van der Waals surface area (Å²) in [7, 11) is 0. The number of carbonyl (C=O) groups excluding carboxylic acids is 1. The molecule has 0 spiro atoms. The fourth-order valence-corrected chi connectivity index (χ4v) is 3.05. The fourth-order valence-electron chi connectivity index (χ4n) is 2.88. The average molecular weight is 303 g/mol. The van der Waals surface area contributed by atoms with Crippen molar-refractivity contribution in [3.63, 3.8) is 0 Å². The van der Waals surface area contributed by atoms with Crippen molar-refractivity contribution in [3.05, 3.63) is 40.0 Å². The van der Waals surface area contributed by atoms with E-state index in [-0.39, 0.29) is 5.91 Å². The van der Waals surface area contributed by atoms with Crippen LogP contribution in [0.2, 0.25) is 5.02 Å². The van der Waals surface area contributed by atoms with E-state index in [2.05, 4.69) is 19.2 Å². The van der Waals surface area contributed by atoms with Gasteiger partial charge in [-0.15, -0.1) is 0 Å². The number of hydrogen-bond acceptors (Lipinski definition) is 2. The number of pyridine rings is 1. The van der Waals surface area contributed by atoms with Crippen LogP contribution >= 0.6 is 11.6 Å². The second kappa shape index (κ2) is 5.64. The molecule has 0 bridgehead atoms. The molecule has 4 heteroatoms. The molecular weight excluding hydrogens is 284 g/mol. The third-order valence-corrected chi connectivity index (χ3v) is 4.11. The van der Waals surface area contributed by atoms with Gasteiger partial charge in [-0.1, -0.05) is 25.4 Å². The average Bonchev–Trinajstić information content (AvgIpc) is 2.90. The van der Waals surface area contributed by atoms with Crippen LogP contribution in [0, 0.1) is 5.92 Å². The molecule has 1 aromatic heterocycles. The van der Waals surface area contributed by atoms with Gasteiger partial charge in [-0.25, -0.2) is 0 Å². The van der Waals surface area contributed by atoms with Gasteiger partial charge in [-0.3, -0.25) is 9.78 Å². The molecule has 21 heavy (non-hydrogen) atoms. The number of carbonyl (C=O) groups is 1. The molecule has 0 saturated heterocycles. The Hall–Kier alpha value is -1.61. The van der Waals surface area contributed by atoms with Crippen LogP contribution in [0.5, 0.6) is 0 Å². The Kier molecular flexibility index (Phi) is 3.85. The summed E-state index contributed by atoms with van der Waals surface area (Å²) in [6.45, 7) is 4.86. The van der Waals surface area contributed by atoms with Crippen molar-refractivity contribution in [2.75, 3.05) is 6.54 Å². The summed E-state index contributed by atoms with van der Waals surface area (Å²) in [5, 5.41) is 4.53. The predicted molar refractivity (Wildman–Crippen MR) is 85.9 cm³/mol. The molecule has 0 unspecified atom stereocenters. The van der Waals surface area contributed by atoms with Gasteiger partial charge in [0.25, 0.3) is 5.91 Å². The lowest BCUT2D eigenvalue weighted by atomic mass is 10.0. The number of amides is 1. The lowest BCUT2D eigenvalue weighted by Crippen LogP contribution is -2.28. The number of aryl methyl sites for hydroxylation is 1. The van der Waals surface area contributed by atoms with Gasteiger partial charge in [0.2, 0.25) is 0 Å². The van der Waals surface area contributed by atoms with Crippen LogP contribution in [0.3, 0.4) is 0 Å². The minimum atomic E-state index is -0.00323. The number of benzene rings is 1. The first-order valence-electron chi connectivity index (χ1n) is 7.45. The van der Waals surface area contributed by atoms with Gasteiger partial charge in [0.05, 0.1) is 11.1 Å². The summed E-state index contributed by atoms with van der Waals surface area (Å²) in [5.74, 6) is 0.426. The van der Waals surface area contributed by atoms with Crippen molar-refractivity contribution in [1.29, 1.82) is 0 Å². The van der Waals surface area contributed by atoms with Crippen LogP contribution in [-0.4, -0.2) is 17.4 Å². The summed E-state index contributed by atoms with van der Waals surface area (Å²) in [6, 6.07) is 5.58. The molecule has 110 valence electrons. The van der Waals surface area contributed by atoms with E-state index in [1.54, 1.807) is 0 Å². The first-order chi connectivity index (χ1) is 10.1. The summed E-state index contributed by atoms with van der Waals surface area (Å²) in [4.78, 5) is 17.3. The van der Waals surface area contributed by atoms with Gasteiger partial charge in [0.1, 0.15) is 0 Å². The van der Waals surface area contributed by atoms with Crippen molar-refractivity contribution in [2.45, 2.75) is 33.1 Å². The normalized spacial score (nSPS) is 13.7. The Morgan fingerprint density at radius 3 is 2.95 bits per heavy atom. The van der Waals surface area contributed by atoms with E-state index in [4.69, 9.17) is 16.6 Å². The second-order valence-corrected chi connectivity index (χ2v) is 6.47. The highest BCUT2D eigenvalue weighted by Crippen LogP contribution is 2.31. The minimum Gasteiger partial charge on any atom is -0.352 e. The molecule has 0 atom stereocenters. The maximum Gasteiger partial charge on any atom is 0.252 e.